The molecule has 4 aromatic carbocycles. The number of benzene rings is 4. The maximum Gasteiger partial charge on any atom is 0.407 e. The molecule has 52 heavy (non-hydrogen) atoms. The monoisotopic (exact) mass is 704 g/mol. The molecular formula is C43H52N4O5. The highest BCUT2D eigenvalue weighted by atomic mass is 16.6. The summed E-state index contributed by atoms with van der Waals surface area (Å²) in [5.41, 5.74) is 6.21. The number of fused-ring (bicyclic) bond motifs is 1. The Morgan fingerprint density at radius 2 is 1.50 bits per heavy atom. The van der Waals surface area contributed by atoms with Gasteiger partial charge in [-0.05, 0) is 99.4 Å². The number of methoxy groups -OCH3 is 1. The Bertz CT molecular complexity index is 1800. The molecule has 9 nitrogen and oxygen atoms in total. The molecule has 1 aliphatic rings. The van der Waals surface area contributed by atoms with E-state index in [9.17, 15) is 9.59 Å². The Hall–Kier alpha value is -5.15. The van der Waals surface area contributed by atoms with Gasteiger partial charge in [-0.25, -0.2) is 4.79 Å². The van der Waals surface area contributed by atoms with Crippen molar-refractivity contribution in [1.29, 1.82) is 0 Å². The van der Waals surface area contributed by atoms with E-state index in [-0.39, 0.29) is 24.9 Å². The van der Waals surface area contributed by atoms with Gasteiger partial charge in [-0.1, -0.05) is 84.9 Å². The number of hydrogen-bond acceptors (Lipinski definition) is 6. The average molecular weight is 705 g/mol. The minimum atomic E-state index is -0.857. The lowest BCUT2D eigenvalue weighted by atomic mass is 9.94. The van der Waals surface area contributed by atoms with Gasteiger partial charge < -0.3 is 25.0 Å². The van der Waals surface area contributed by atoms with Crippen molar-refractivity contribution in [3.8, 4) is 5.75 Å². The summed E-state index contributed by atoms with van der Waals surface area (Å²) in [6.07, 6.45) is 1.15. The molecule has 0 bridgehead atoms. The van der Waals surface area contributed by atoms with Crippen LogP contribution < -0.4 is 15.4 Å². The lowest BCUT2D eigenvalue weighted by Gasteiger charge is -2.40. The normalized spacial score (nSPS) is 14.0. The molecule has 4 aromatic rings. The summed E-state index contributed by atoms with van der Waals surface area (Å²) in [5.74, 6) is 0.188. The van der Waals surface area contributed by atoms with Gasteiger partial charge in [-0.15, -0.1) is 0 Å². The first-order valence-electron chi connectivity index (χ1n) is 18.1. The molecule has 1 aliphatic heterocycles. The quantitative estimate of drug-likeness (QED) is 0.151. The van der Waals surface area contributed by atoms with Crippen LogP contribution in [0.3, 0.4) is 0 Å². The van der Waals surface area contributed by atoms with E-state index in [0.717, 1.165) is 34.4 Å². The number of hydrogen-bond donors (Lipinski definition) is 2. The summed E-state index contributed by atoms with van der Waals surface area (Å²) in [4.78, 5) is 46.6. The minimum absolute atomic E-state index is 0.0921. The van der Waals surface area contributed by atoms with Gasteiger partial charge in [0.15, 0.2) is 0 Å². The van der Waals surface area contributed by atoms with E-state index in [2.05, 4.69) is 27.7 Å². The highest BCUT2D eigenvalue weighted by Crippen LogP contribution is 2.32. The second-order valence-corrected chi connectivity index (χ2v) is 14.4. The van der Waals surface area contributed by atoms with E-state index in [1.807, 2.05) is 98.8 Å². The molecule has 0 fully saturated rings. The number of nitrogens with zero attached hydrogens (tertiary/aromatic N) is 2. The van der Waals surface area contributed by atoms with Gasteiger partial charge in [0.1, 0.15) is 23.4 Å². The van der Waals surface area contributed by atoms with Crippen LogP contribution in [0.5, 0.6) is 5.75 Å². The van der Waals surface area contributed by atoms with Crippen LogP contribution in [0.4, 0.5) is 10.5 Å². The fraction of sp³-hybridized carbons (Fsp3) is 0.372. The molecule has 274 valence electrons. The zero-order valence-corrected chi connectivity index (χ0v) is 31.3. The predicted octanol–water partition coefficient (Wildman–Crippen LogP) is 7.40. The zero-order valence-electron chi connectivity index (χ0n) is 31.3. The Morgan fingerprint density at radius 1 is 0.846 bits per heavy atom. The number of aryl methyl sites for hydroxylation is 3. The third-order valence-electron chi connectivity index (χ3n) is 9.45. The van der Waals surface area contributed by atoms with E-state index in [1.54, 1.807) is 32.8 Å². The molecule has 0 aromatic heterocycles. The molecule has 9 heteroatoms. The fourth-order valence-corrected chi connectivity index (χ4v) is 6.80. The van der Waals surface area contributed by atoms with Crippen LogP contribution in [0.25, 0.3) is 0 Å². The van der Waals surface area contributed by atoms with E-state index in [4.69, 9.17) is 9.47 Å². The molecule has 2 atom stereocenters. The van der Waals surface area contributed by atoms with Crippen molar-refractivity contribution >= 4 is 23.6 Å². The highest BCUT2D eigenvalue weighted by molar-refractivity contribution is 5.99. The standard InChI is InChI=1S/C43H52N4O5/c1-30-13-12-14-31(2)38(30)45-40(48)37(24-19-32-15-8-7-9-16-32)47(28-26-44-42(50)52-43(3,4)5)41(49)39(34-20-22-36(51-6)23-21-34)46-27-25-33-17-10-11-18-35(33)29-46/h7-18,20-23,37,39H,19,24-29H2,1-6H3,(H,44,50)(H,45,48). The molecule has 0 radical (unpaired) electrons. The summed E-state index contributed by atoms with van der Waals surface area (Å²) in [6.45, 7) is 10.7. The van der Waals surface area contributed by atoms with Gasteiger partial charge >= 0.3 is 6.09 Å². The Labute approximate surface area is 308 Å². The van der Waals surface area contributed by atoms with Crippen molar-refractivity contribution in [2.45, 2.75) is 78.1 Å². The number of ether oxygens (including phenoxy) is 2. The molecular weight excluding hydrogens is 652 g/mol. The van der Waals surface area contributed by atoms with Crippen molar-refractivity contribution in [2.75, 3.05) is 32.1 Å². The summed E-state index contributed by atoms with van der Waals surface area (Å²) in [5, 5.41) is 6.02. The van der Waals surface area contributed by atoms with Crippen molar-refractivity contribution in [1.82, 2.24) is 15.1 Å². The van der Waals surface area contributed by atoms with Crippen molar-refractivity contribution in [2.24, 2.45) is 0 Å². The smallest absolute Gasteiger partial charge is 0.407 e. The van der Waals surface area contributed by atoms with Crippen molar-refractivity contribution in [3.05, 3.63) is 130 Å². The van der Waals surface area contributed by atoms with Crippen molar-refractivity contribution in [3.63, 3.8) is 0 Å². The van der Waals surface area contributed by atoms with Crippen LogP contribution in [-0.4, -0.2) is 66.1 Å². The minimum Gasteiger partial charge on any atom is -0.497 e. The van der Waals surface area contributed by atoms with Crippen LogP contribution in [0.1, 0.15) is 66.6 Å². The molecule has 0 saturated heterocycles. The van der Waals surface area contributed by atoms with Crippen LogP contribution in [0.2, 0.25) is 0 Å². The highest BCUT2D eigenvalue weighted by Gasteiger charge is 2.38. The molecule has 3 amide bonds. The van der Waals surface area contributed by atoms with Gasteiger partial charge in [0, 0.05) is 31.9 Å². The number of anilines is 1. The SMILES string of the molecule is COc1ccc(C(C(=O)N(CCNC(=O)OC(C)(C)C)C(CCc2ccccc2)C(=O)Nc2c(C)cccc2C)N2CCc3ccccc3C2)cc1. The molecule has 5 rings (SSSR count). The summed E-state index contributed by atoms with van der Waals surface area (Å²) >= 11 is 0. The van der Waals surface area contributed by atoms with E-state index in [0.29, 0.717) is 31.7 Å². The van der Waals surface area contributed by atoms with Gasteiger partial charge in [-0.3, -0.25) is 14.5 Å². The van der Waals surface area contributed by atoms with Gasteiger partial charge in [-0.2, -0.15) is 0 Å². The third kappa shape index (κ3) is 10.0. The second kappa shape index (κ2) is 17.4. The van der Waals surface area contributed by atoms with Gasteiger partial charge in [0.25, 0.3) is 0 Å². The lowest BCUT2D eigenvalue weighted by molar-refractivity contribution is -0.144. The van der Waals surface area contributed by atoms with E-state index in [1.165, 1.54) is 11.1 Å². The van der Waals surface area contributed by atoms with Gasteiger partial charge in [0.2, 0.25) is 11.8 Å². The van der Waals surface area contributed by atoms with Crippen LogP contribution in [-0.2, 0) is 33.7 Å². The van der Waals surface area contributed by atoms with Crippen LogP contribution >= 0.6 is 0 Å². The molecule has 0 aliphatic carbocycles. The molecule has 2 unspecified atom stereocenters. The Morgan fingerprint density at radius 3 is 2.15 bits per heavy atom. The number of rotatable bonds is 13. The molecule has 2 N–H and O–H groups in total. The third-order valence-corrected chi connectivity index (χ3v) is 9.45. The van der Waals surface area contributed by atoms with Crippen LogP contribution in [0, 0.1) is 13.8 Å². The zero-order chi connectivity index (χ0) is 37.3. The summed E-state index contributed by atoms with van der Waals surface area (Å²) < 4.78 is 11.0. The number of amides is 3. The topological polar surface area (TPSA) is 100 Å². The van der Waals surface area contributed by atoms with E-state index >= 15 is 4.79 Å². The Balaban J connectivity index is 1.55. The first kappa shape index (κ1) is 38.1. The van der Waals surface area contributed by atoms with E-state index < -0.39 is 23.8 Å². The predicted molar refractivity (Wildman–Crippen MR) is 205 cm³/mol. The average Bonchev–Trinajstić information content (AvgIpc) is 3.12. The second-order valence-electron chi connectivity index (χ2n) is 14.4. The number of carbonyl (C=O) groups is 3. The number of para-hydroxylation sites is 1. The number of carbonyl (C=O) groups excluding carboxylic acids is 3. The first-order chi connectivity index (χ1) is 24.9. The first-order valence-corrected chi connectivity index (χ1v) is 18.1. The summed E-state index contributed by atoms with van der Waals surface area (Å²) in [6, 6.07) is 30.2. The summed E-state index contributed by atoms with van der Waals surface area (Å²) in [7, 11) is 1.62. The molecule has 0 saturated carbocycles. The van der Waals surface area contributed by atoms with Crippen molar-refractivity contribution < 1.29 is 23.9 Å². The fourth-order valence-electron chi connectivity index (χ4n) is 6.80. The van der Waals surface area contributed by atoms with Crippen LogP contribution in [0.15, 0.2) is 97.1 Å². The maximum absolute atomic E-state index is 15.4. The lowest BCUT2D eigenvalue weighted by Crippen LogP contribution is -2.54. The Kier molecular flexibility index (Phi) is 12.7. The molecule has 1 heterocycles. The largest absolute Gasteiger partial charge is 0.497 e. The molecule has 0 spiro atoms. The van der Waals surface area contributed by atoms with Gasteiger partial charge in [0.05, 0.1) is 7.11 Å². The maximum atomic E-state index is 15.4. The number of nitrogens with one attached hydrogen (secondary N) is 2. The number of alkyl carbamates (subject to hydrolysis) is 1.